The monoisotopic (exact) mass is 348 g/mol. The lowest BCUT2D eigenvalue weighted by Crippen LogP contribution is -2.46. The molecule has 2 rings (SSSR count). The predicted molar refractivity (Wildman–Crippen MR) is 103 cm³/mol. The molecule has 1 saturated heterocycles. The van der Waals surface area contributed by atoms with Crippen molar-refractivity contribution < 1.29 is 4.39 Å². The highest BCUT2D eigenvalue weighted by Crippen LogP contribution is 2.17. The van der Waals surface area contributed by atoms with Crippen LogP contribution in [0.4, 0.5) is 4.39 Å². The molecule has 1 aliphatic rings. The summed E-state index contributed by atoms with van der Waals surface area (Å²) in [6.07, 6.45) is 2.53. The Labute approximate surface area is 151 Å². The van der Waals surface area contributed by atoms with Gasteiger partial charge in [-0.2, -0.15) is 0 Å². The van der Waals surface area contributed by atoms with E-state index in [9.17, 15) is 4.39 Å². The number of hydrogen-bond donors (Lipinski definition) is 2. The van der Waals surface area contributed by atoms with Crippen LogP contribution in [0.2, 0.25) is 0 Å². The number of piperidine rings is 1. The zero-order valence-electron chi connectivity index (χ0n) is 16.1. The van der Waals surface area contributed by atoms with Gasteiger partial charge in [0.15, 0.2) is 5.96 Å². The molecule has 1 heterocycles. The lowest BCUT2D eigenvalue weighted by atomic mass is 9.97. The molecule has 0 aliphatic carbocycles. The van der Waals surface area contributed by atoms with Crippen molar-refractivity contribution in [2.45, 2.75) is 53.1 Å². The summed E-state index contributed by atoms with van der Waals surface area (Å²) in [5, 5.41) is 6.75. The Morgan fingerprint density at radius 3 is 2.84 bits per heavy atom. The van der Waals surface area contributed by atoms with Crippen LogP contribution in [0.5, 0.6) is 0 Å². The minimum Gasteiger partial charge on any atom is -0.357 e. The molecule has 0 radical (unpaired) electrons. The van der Waals surface area contributed by atoms with Crippen molar-refractivity contribution in [3.05, 3.63) is 35.1 Å². The largest absolute Gasteiger partial charge is 0.357 e. The van der Waals surface area contributed by atoms with Gasteiger partial charge in [-0.3, -0.25) is 0 Å². The van der Waals surface area contributed by atoms with Gasteiger partial charge >= 0.3 is 0 Å². The van der Waals surface area contributed by atoms with Gasteiger partial charge in [0.25, 0.3) is 0 Å². The SMILES string of the molecule is CCNC(=NCc1ccc(C)c(F)c1)NCC1CCCN(C(C)C)C1. The van der Waals surface area contributed by atoms with Crippen LogP contribution in [0.1, 0.15) is 44.7 Å². The maximum absolute atomic E-state index is 13.7. The number of guanidine groups is 1. The van der Waals surface area contributed by atoms with E-state index in [4.69, 9.17) is 0 Å². The number of benzene rings is 1. The van der Waals surface area contributed by atoms with Crippen molar-refractivity contribution in [3.8, 4) is 0 Å². The number of aryl methyl sites for hydroxylation is 1. The number of likely N-dealkylation sites (tertiary alicyclic amines) is 1. The highest BCUT2D eigenvalue weighted by molar-refractivity contribution is 5.79. The molecule has 0 amide bonds. The molecular weight excluding hydrogens is 315 g/mol. The molecule has 0 spiro atoms. The molecule has 5 heteroatoms. The minimum absolute atomic E-state index is 0.165. The third-order valence-corrected chi connectivity index (χ3v) is 4.84. The first-order valence-electron chi connectivity index (χ1n) is 9.50. The first-order valence-corrected chi connectivity index (χ1v) is 9.50. The molecule has 1 aliphatic heterocycles. The van der Waals surface area contributed by atoms with Gasteiger partial charge in [-0.05, 0) is 70.2 Å². The van der Waals surface area contributed by atoms with Crippen LogP contribution in [0, 0.1) is 18.7 Å². The molecule has 1 aromatic carbocycles. The molecule has 0 saturated carbocycles. The fourth-order valence-electron chi connectivity index (χ4n) is 3.22. The van der Waals surface area contributed by atoms with E-state index in [2.05, 4.69) is 41.3 Å². The van der Waals surface area contributed by atoms with Crippen molar-refractivity contribution in [1.82, 2.24) is 15.5 Å². The average molecular weight is 349 g/mol. The van der Waals surface area contributed by atoms with Crippen LogP contribution in [0.15, 0.2) is 23.2 Å². The van der Waals surface area contributed by atoms with E-state index < -0.39 is 0 Å². The Balaban J connectivity index is 1.89. The summed E-state index contributed by atoms with van der Waals surface area (Å²) in [5.41, 5.74) is 1.56. The van der Waals surface area contributed by atoms with Crippen LogP contribution in [-0.2, 0) is 6.54 Å². The fraction of sp³-hybridized carbons (Fsp3) is 0.650. The van der Waals surface area contributed by atoms with Crippen molar-refractivity contribution in [1.29, 1.82) is 0 Å². The second kappa shape index (κ2) is 9.76. The quantitative estimate of drug-likeness (QED) is 0.612. The number of rotatable bonds is 6. The average Bonchev–Trinajstić information content (AvgIpc) is 2.60. The van der Waals surface area contributed by atoms with Gasteiger partial charge in [-0.15, -0.1) is 0 Å². The van der Waals surface area contributed by atoms with Crippen LogP contribution in [0.25, 0.3) is 0 Å². The number of aliphatic imine (C=N–C) groups is 1. The lowest BCUT2D eigenvalue weighted by Gasteiger charge is -2.35. The third-order valence-electron chi connectivity index (χ3n) is 4.84. The summed E-state index contributed by atoms with van der Waals surface area (Å²) in [4.78, 5) is 7.16. The molecule has 2 N–H and O–H groups in total. The highest BCUT2D eigenvalue weighted by atomic mass is 19.1. The van der Waals surface area contributed by atoms with Crippen LogP contribution in [0.3, 0.4) is 0 Å². The maximum atomic E-state index is 13.7. The van der Waals surface area contributed by atoms with E-state index in [0.717, 1.165) is 31.2 Å². The van der Waals surface area contributed by atoms with Crippen molar-refractivity contribution in [2.24, 2.45) is 10.9 Å². The van der Waals surface area contributed by atoms with Gasteiger partial charge in [0.2, 0.25) is 0 Å². The molecule has 140 valence electrons. The smallest absolute Gasteiger partial charge is 0.191 e. The van der Waals surface area contributed by atoms with Gasteiger partial charge in [-0.25, -0.2) is 9.38 Å². The van der Waals surface area contributed by atoms with E-state index in [0.29, 0.717) is 24.1 Å². The lowest BCUT2D eigenvalue weighted by molar-refractivity contribution is 0.141. The van der Waals surface area contributed by atoms with Crippen molar-refractivity contribution in [2.75, 3.05) is 26.2 Å². The first-order chi connectivity index (χ1) is 12.0. The zero-order chi connectivity index (χ0) is 18.2. The Kier molecular flexibility index (Phi) is 7.69. The molecule has 25 heavy (non-hydrogen) atoms. The van der Waals surface area contributed by atoms with E-state index in [-0.39, 0.29) is 5.82 Å². The first kappa shape index (κ1) is 19.7. The molecule has 1 atom stereocenters. The second-order valence-electron chi connectivity index (χ2n) is 7.26. The van der Waals surface area contributed by atoms with Gasteiger partial charge in [0.05, 0.1) is 6.54 Å². The fourth-order valence-corrected chi connectivity index (χ4v) is 3.22. The van der Waals surface area contributed by atoms with Crippen LogP contribution < -0.4 is 10.6 Å². The highest BCUT2D eigenvalue weighted by Gasteiger charge is 2.21. The summed E-state index contributed by atoms with van der Waals surface area (Å²) in [5.74, 6) is 1.30. The Bertz CT molecular complexity index is 571. The Morgan fingerprint density at radius 2 is 2.16 bits per heavy atom. The summed E-state index contributed by atoms with van der Waals surface area (Å²) in [6, 6.07) is 5.93. The van der Waals surface area contributed by atoms with Gasteiger partial charge < -0.3 is 15.5 Å². The molecular formula is C20H33FN4. The molecule has 1 aromatic rings. The minimum atomic E-state index is -0.165. The third kappa shape index (κ3) is 6.31. The Hall–Kier alpha value is -1.62. The molecule has 1 fully saturated rings. The van der Waals surface area contributed by atoms with Gasteiger partial charge in [-0.1, -0.05) is 12.1 Å². The number of halogens is 1. The number of nitrogens with one attached hydrogen (secondary N) is 2. The standard InChI is InChI=1S/C20H33FN4/c1-5-22-20(23-12-17-9-8-16(4)19(21)11-17)24-13-18-7-6-10-25(14-18)15(2)3/h8-9,11,15,18H,5-7,10,12-14H2,1-4H3,(H2,22,23,24). The molecule has 1 unspecified atom stereocenters. The molecule has 0 aromatic heterocycles. The van der Waals surface area contributed by atoms with E-state index in [1.54, 1.807) is 13.0 Å². The maximum Gasteiger partial charge on any atom is 0.191 e. The number of hydrogen-bond acceptors (Lipinski definition) is 2. The van der Waals surface area contributed by atoms with Crippen LogP contribution in [-0.4, -0.2) is 43.1 Å². The van der Waals surface area contributed by atoms with Crippen molar-refractivity contribution >= 4 is 5.96 Å². The van der Waals surface area contributed by atoms with Gasteiger partial charge in [0.1, 0.15) is 5.82 Å². The summed E-state index contributed by atoms with van der Waals surface area (Å²) >= 11 is 0. The van der Waals surface area contributed by atoms with Crippen molar-refractivity contribution in [3.63, 3.8) is 0 Å². The Morgan fingerprint density at radius 1 is 1.36 bits per heavy atom. The molecule has 4 nitrogen and oxygen atoms in total. The molecule has 0 bridgehead atoms. The number of nitrogens with zero attached hydrogens (tertiary/aromatic N) is 2. The summed E-state index contributed by atoms with van der Waals surface area (Å²) in [7, 11) is 0. The van der Waals surface area contributed by atoms with E-state index in [1.165, 1.54) is 19.4 Å². The second-order valence-corrected chi connectivity index (χ2v) is 7.26. The van der Waals surface area contributed by atoms with Crippen LogP contribution >= 0.6 is 0 Å². The summed E-state index contributed by atoms with van der Waals surface area (Å²) in [6.45, 7) is 12.9. The predicted octanol–water partition coefficient (Wildman–Crippen LogP) is 3.31. The van der Waals surface area contributed by atoms with E-state index in [1.807, 2.05) is 12.1 Å². The summed E-state index contributed by atoms with van der Waals surface area (Å²) < 4.78 is 13.7. The van der Waals surface area contributed by atoms with Gasteiger partial charge in [0, 0.05) is 25.7 Å². The van der Waals surface area contributed by atoms with E-state index >= 15 is 0 Å². The topological polar surface area (TPSA) is 39.7 Å². The normalized spacial score (nSPS) is 19.3. The zero-order valence-corrected chi connectivity index (χ0v) is 16.1.